The topological polar surface area (TPSA) is 94.5 Å². The number of carbonyl (C=O) groups excluding carboxylic acids is 2. The van der Waals surface area contributed by atoms with E-state index in [1.165, 1.54) is 19.1 Å². The van der Waals surface area contributed by atoms with Crippen molar-refractivity contribution >= 4 is 32.7 Å². The number of rotatable bonds is 9. The third kappa shape index (κ3) is 4.93. The maximum atomic E-state index is 13.9. The number of carbonyl (C=O) groups is 2. The standard InChI is InChI=1S/C27H25FN2O5S/c1-3-30-22-15-9-7-13-20(22)25(26(30)19-11-5-4-6-12-19)23(31)17-35-27(32)18(2)29-36(33,34)24-16-10-8-14-21(24)28/h4-16,18,29H,3,17H2,1-2H3. The highest BCUT2D eigenvalue weighted by atomic mass is 32.2. The fraction of sp³-hybridized carbons (Fsp3) is 0.185. The molecule has 1 atom stereocenters. The summed E-state index contributed by atoms with van der Waals surface area (Å²) in [6, 6.07) is 20.4. The van der Waals surface area contributed by atoms with E-state index in [1.54, 1.807) is 0 Å². The van der Waals surface area contributed by atoms with Crippen LogP contribution in [0.2, 0.25) is 0 Å². The van der Waals surface area contributed by atoms with Crippen LogP contribution in [-0.2, 0) is 26.1 Å². The van der Waals surface area contributed by atoms with E-state index >= 15 is 0 Å². The summed E-state index contributed by atoms with van der Waals surface area (Å²) in [5, 5.41) is 0.729. The highest BCUT2D eigenvalue weighted by Crippen LogP contribution is 2.34. The van der Waals surface area contributed by atoms with E-state index in [4.69, 9.17) is 4.74 Å². The van der Waals surface area contributed by atoms with Crippen molar-refractivity contribution in [1.82, 2.24) is 9.29 Å². The largest absolute Gasteiger partial charge is 0.456 e. The number of nitrogens with zero attached hydrogens (tertiary/aromatic N) is 1. The molecule has 0 aliphatic carbocycles. The Morgan fingerprint density at radius 2 is 1.61 bits per heavy atom. The molecule has 0 bridgehead atoms. The summed E-state index contributed by atoms with van der Waals surface area (Å²) in [4.78, 5) is 25.4. The summed E-state index contributed by atoms with van der Waals surface area (Å²) >= 11 is 0. The first-order chi connectivity index (χ1) is 17.2. The minimum absolute atomic E-state index is 0.422. The van der Waals surface area contributed by atoms with Crippen LogP contribution in [0.1, 0.15) is 24.2 Å². The Hall–Kier alpha value is -3.82. The van der Waals surface area contributed by atoms with Crippen molar-refractivity contribution in [2.75, 3.05) is 6.61 Å². The highest BCUT2D eigenvalue weighted by Gasteiger charge is 2.28. The maximum absolute atomic E-state index is 13.9. The van der Waals surface area contributed by atoms with Crippen molar-refractivity contribution in [3.63, 3.8) is 0 Å². The van der Waals surface area contributed by atoms with E-state index in [0.717, 1.165) is 28.6 Å². The zero-order valence-corrected chi connectivity index (χ0v) is 20.6. The number of sulfonamides is 1. The SMILES string of the molecule is CCn1c(-c2ccccc2)c(C(=O)COC(=O)C(C)NS(=O)(=O)c2ccccc2F)c2ccccc21. The van der Waals surface area contributed by atoms with Gasteiger partial charge in [-0.25, -0.2) is 12.8 Å². The summed E-state index contributed by atoms with van der Waals surface area (Å²) in [6.07, 6.45) is 0. The Morgan fingerprint density at radius 1 is 0.972 bits per heavy atom. The van der Waals surface area contributed by atoms with Gasteiger partial charge in [0, 0.05) is 17.4 Å². The summed E-state index contributed by atoms with van der Waals surface area (Å²) < 4.78 is 48.2. The Morgan fingerprint density at radius 3 is 2.31 bits per heavy atom. The first-order valence-electron chi connectivity index (χ1n) is 11.4. The molecule has 36 heavy (non-hydrogen) atoms. The van der Waals surface area contributed by atoms with E-state index in [-0.39, 0.29) is 0 Å². The maximum Gasteiger partial charge on any atom is 0.324 e. The molecule has 1 heterocycles. The molecule has 9 heteroatoms. The lowest BCUT2D eigenvalue weighted by Crippen LogP contribution is -2.40. The Labute approximate surface area is 208 Å². The van der Waals surface area contributed by atoms with Gasteiger partial charge >= 0.3 is 5.97 Å². The number of ketones is 1. The lowest BCUT2D eigenvalue weighted by molar-refractivity contribution is -0.144. The van der Waals surface area contributed by atoms with Crippen molar-refractivity contribution in [3.8, 4) is 11.3 Å². The van der Waals surface area contributed by atoms with Crippen LogP contribution >= 0.6 is 0 Å². The molecular weight excluding hydrogens is 483 g/mol. The number of hydrogen-bond acceptors (Lipinski definition) is 5. The van der Waals surface area contributed by atoms with Crippen LogP contribution < -0.4 is 4.72 Å². The lowest BCUT2D eigenvalue weighted by Gasteiger charge is -2.14. The monoisotopic (exact) mass is 508 g/mol. The van der Waals surface area contributed by atoms with E-state index in [2.05, 4.69) is 4.72 Å². The summed E-state index contributed by atoms with van der Waals surface area (Å²) in [6.45, 7) is 3.29. The summed E-state index contributed by atoms with van der Waals surface area (Å²) in [5.41, 5.74) is 2.86. The third-order valence-electron chi connectivity index (χ3n) is 5.77. The molecule has 0 fully saturated rings. The molecule has 7 nitrogen and oxygen atoms in total. The van der Waals surface area contributed by atoms with Crippen LogP contribution in [0.3, 0.4) is 0 Å². The third-order valence-corrected chi connectivity index (χ3v) is 7.34. The average Bonchev–Trinajstić information content (AvgIpc) is 3.22. The first kappa shape index (κ1) is 25.3. The number of ether oxygens (including phenoxy) is 1. The molecule has 4 rings (SSSR count). The molecule has 1 N–H and O–H groups in total. The Balaban J connectivity index is 1.57. The molecule has 0 amide bonds. The number of benzene rings is 3. The number of nitrogens with one attached hydrogen (secondary N) is 1. The molecule has 0 aliphatic heterocycles. The van der Waals surface area contributed by atoms with Crippen molar-refractivity contribution in [1.29, 1.82) is 0 Å². The van der Waals surface area contributed by atoms with Gasteiger partial charge < -0.3 is 9.30 Å². The molecule has 0 saturated carbocycles. The smallest absolute Gasteiger partial charge is 0.324 e. The zero-order valence-electron chi connectivity index (χ0n) is 19.8. The fourth-order valence-corrected chi connectivity index (χ4v) is 5.42. The number of halogens is 1. The van der Waals surface area contributed by atoms with Crippen molar-refractivity contribution in [3.05, 3.63) is 90.2 Å². The normalized spacial score (nSPS) is 12.4. The number of para-hydroxylation sites is 1. The van der Waals surface area contributed by atoms with Gasteiger partial charge in [-0.05, 0) is 37.6 Å². The predicted molar refractivity (Wildman–Crippen MR) is 135 cm³/mol. The Bertz CT molecular complexity index is 1530. The van der Waals surface area contributed by atoms with E-state index in [0.29, 0.717) is 17.8 Å². The summed E-state index contributed by atoms with van der Waals surface area (Å²) in [5.74, 6) is -2.32. The van der Waals surface area contributed by atoms with Crippen LogP contribution in [-0.4, -0.2) is 37.4 Å². The first-order valence-corrected chi connectivity index (χ1v) is 12.9. The second-order valence-electron chi connectivity index (χ2n) is 8.16. The molecule has 0 saturated heterocycles. The van der Waals surface area contributed by atoms with Gasteiger partial charge in [-0.3, -0.25) is 9.59 Å². The number of esters is 1. The second-order valence-corrected chi connectivity index (χ2v) is 9.84. The summed E-state index contributed by atoms with van der Waals surface area (Å²) in [7, 11) is -4.31. The van der Waals surface area contributed by atoms with Crippen LogP contribution in [0.4, 0.5) is 4.39 Å². The van der Waals surface area contributed by atoms with Crippen LogP contribution in [0.15, 0.2) is 83.8 Å². The van der Waals surface area contributed by atoms with Gasteiger partial charge in [-0.1, -0.05) is 60.7 Å². The number of Topliss-reactive ketones (excluding diaryl/α,β-unsaturated/α-hetero) is 1. The van der Waals surface area contributed by atoms with E-state index in [9.17, 15) is 22.4 Å². The molecule has 186 valence electrons. The molecular formula is C27H25FN2O5S. The van der Waals surface area contributed by atoms with Gasteiger partial charge in [0.2, 0.25) is 15.8 Å². The molecule has 3 aromatic carbocycles. The minimum Gasteiger partial charge on any atom is -0.456 e. The molecule has 4 aromatic rings. The number of hydrogen-bond donors (Lipinski definition) is 1. The van der Waals surface area contributed by atoms with Gasteiger partial charge in [0.15, 0.2) is 6.61 Å². The van der Waals surface area contributed by atoms with E-state index < -0.39 is 45.1 Å². The van der Waals surface area contributed by atoms with Crippen molar-refractivity contribution < 1.29 is 27.1 Å². The molecule has 0 aliphatic rings. The van der Waals surface area contributed by atoms with Crippen LogP contribution in [0.25, 0.3) is 22.2 Å². The zero-order chi connectivity index (χ0) is 25.9. The highest BCUT2D eigenvalue weighted by molar-refractivity contribution is 7.89. The lowest BCUT2D eigenvalue weighted by atomic mass is 10.0. The van der Waals surface area contributed by atoms with Crippen molar-refractivity contribution in [2.45, 2.75) is 31.3 Å². The number of aromatic nitrogens is 1. The van der Waals surface area contributed by atoms with Gasteiger partial charge in [0.25, 0.3) is 0 Å². The van der Waals surface area contributed by atoms with Crippen LogP contribution in [0.5, 0.6) is 0 Å². The van der Waals surface area contributed by atoms with Gasteiger partial charge in [-0.2, -0.15) is 4.72 Å². The van der Waals surface area contributed by atoms with Gasteiger partial charge in [-0.15, -0.1) is 0 Å². The Kier molecular flexibility index (Phi) is 7.32. The van der Waals surface area contributed by atoms with Crippen molar-refractivity contribution in [2.24, 2.45) is 0 Å². The molecule has 1 aromatic heterocycles. The molecule has 1 unspecified atom stereocenters. The number of aryl methyl sites for hydroxylation is 1. The average molecular weight is 509 g/mol. The number of fused-ring (bicyclic) bond motifs is 1. The predicted octanol–water partition coefficient (Wildman–Crippen LogP) is 4.56. The fourth-order valence-electron chi connectivity index (χ4n) is 4.15. The minimum atomic E-state index is -4.31. The molecule has 0 radical (unpaired) electrons. The van der Waals surface area contributed by atoms with Crippen LogP contribution in [0, 0.1) is 5.82 Å². The molecule has 0 spiro atoms. The van der Waals surface area contributed by atoms with E-state index in [1.807, 2.05) is 66.1 Å². The van der Waals surface area contributed by atoms with Gasteiger partial charge in [0.1, 0.15) is 16.8 Å². The second kappa shape index (κ2) is 10.4. The quantitative estimate of drug-likeness (QED) is 0.264. The van der Waals surface area contributed by atoms with Gasteiger partial charge in [0.05, 0.1) is 11.3 Å².